The summed E-state index contributed by atoms with van der Waals surface area (Å²) in [6.07, 6.45) is 1.47. The van der Waals surface area contributed by atoms with Crippen LogP contribution in [0.4, 0.5) is 4.39 Å². The minimum absolute atomic E-state index is 0.329. The fraction of sp³-hybridized carbons (Fsp3) is 0.0769. The van der Waals surface area contributed by atoms with E-state index in [4.69, 9.17) is 4.42 Å². The van der Waals surface area contributed by atoms with Crippen LogP contribution in [0.25, 0.3) is 0 Å². The summed E-state index contributed by atoms with van der Waals surface area (Å²) >= 11 is 0. The highest BCUT2D eigenvalue weighted by Gasteiger charge is 2.11. The lowest BCUT2D eigenvalue weighted by Gasteiger charge is -2.02. The molecule has 18 heavy (non-hydrogen) atoms. The van der Waals surface area contributed by atoms with Crippen LogP contribution >= 0.6 is 0 Å². The Balaban J connectivity index is 2.39. The van der Waals surface area contributed by atoms with E-state index in [1.807, 2.05) is 0 Å². The van der Waals surface area contributed by atoms with Crippen LogP contribution < -0.4 is 0 Å². The molecule has 1 aromatic carbocycles. The van der Waals surface area contributed by atoms with Crippen LogP contribution in [0.5, 0.6) is 0 Å². The molecule has 0 amide bonds. The lowest BCUT2D eigenvalue weighted by Crippen LogP contribution is -2.05. The maximum absolute atomic E-state index is 12.9. The molecule has 0 spiro atoms. The largest absolute Gasteiger partial charge is 0.463 e. The van der Waals surface area contributed by atoms with Gasteiger partial charge in [-0.1, -0.05) is 5.16 Å². The lowest BCUT2D eigenvalue weighted by molar-refractivity contribution is -0.140. The molecule has 0 bridgehead atoms. The third-order valence-electron chi connectivity index (χ3n) is 2.14. The van der Waals surface area contributed by atoms with E-state index in [1.54, 1.807) is 12.1 Å². The van der Waals surface area contributed by atoms with Crippen LogP contribution in [0, 0.1) is 5.82 Å². The van der Waals surface area contributed by atoms with Gasteiger partial charge >= 0.3 is 5.97 Å². The van der Waals surface area contributed by atoms with E-state index in [-0.39, 0.29) is 5.82 Å². The summed E-state index contributed by atoms with van der Waals surface area (Å²) in [4.78, 5) is 15.4. The Morgan fingerprint density at radius 1 is 1.28 bits per heavy atom. The van der Waals surface area contributed by atoms with Crippen molar-refractivity contribution in [1.82, 2.24) is 0 Å². The van der Waals surface area contributed by atoms with Crippen molar-refractivity contribution in [2.45, 2.75) is 6.92 Å². The van der Waals surface area contributed by atoms with Crippen molar-refractivity contribution in [2.75, 3.05) is 0 Å². The van der Waals surface area contributed by atoms with Gasteiger partial charge in [-0.05, 0) is 36.4 Å². The number of carbonyl (C=O) groups is 1. The van der Waals surface area contributed by atoms with Crippen LogP contribution in [0.3, 0.4) is 0 Å². The van der Waals surface area contributed by atoms with Crippen molar-refractivity contribution in [3.8, 4) is 0 Å². The smallest absolute Gasteiger partial charge is 0.332 e. The second-order valence-corrected chi connectivity index (χ2v) is 3.51. The summed E-state index contributed by atoms with van der Waals surface area (Å²) < 4.78 is 18.1. The topological polar surface area (TPSA) is 51.8 Å². The van der Waals surface area contributed by atoms with Gasteiger partial charge in [0, 0.05) is 12.5 Å². The predicted molar refractivity (Wildman–Crippen MR) is 62.5 cm³/mol. The molecular formula is C13H10FNO3. The molecule has 0 aliphatic heterocycles. The molecule has 0 unspecified atom stereocenters. The SMILES string of the molecule is CC(=O)O/N=C(\c1ccc(F)cc1)c1ccco1. The molecule has 1 aromatic heterocycles. The predicted octanol–water partition coefficient (Wildman–Crippen LogP) is 2.73. The molecular weight excluding hydrogens is 237 g/mol. The van der Waals surface area contributed by atoms with Crippen molar-refractivity contribution in [3.05, 3.63) is 59.8 Å². The van der Waals surface area contributed by atoms with Crippen molar-refractivity contribution < 1.29 is 18.4 Å². The van der Waals surface area contributed by atoms with Gasteiger partial charge < -0.3 is 9.25 Å². The molecule has 1 heterocycles. The Labute approximate surface area is 103 Å². The van der Waals surface area contributed by atoms with E-state index in [9.17, 15) is 9.18 Å². The van der Waals surface area contributed by atoms with Gasteiger partial charge in [0.25, 0.3) is 0 Å². The molecule has 4 nitrogen and oxygen atoms in total. The molecule has 92 valence electrons. The fourth-order valence-electron chi connectivity index (χ4n) is 1.37. The van der Waals surface area contributed by atoms with E-state index in [0.717, 1.165) is 0 Å². The number of hydrogen-bond acceptors (Lipinski definition) is 4. The number of benzene rings is 1. The fourth-order valence-corrected chi connectivity index (χ4v) is 1.37. The Morgan fingerprint density at radius 2 is 2.00 bits per heavy atom. The zero-order valence-electron chi connectivity index (χ0n) is 9.59. The maximum atomic E-state index is 12.9. The minimum Gasteiger partial charge on any atom is -0.463 e. The van der Waals surface area contributed by atoms with Crippen LogP contribution in [0.2, 0.25) is 0 Å². The first-order chi connectivity index (χ1) is 8.66. The second kappa shape index (κ2) is 5.27. The summed E-state index contributed by atoms with van der Waals surface area (Å²) in [5, 5.41) is 3.72. The minimum atomic E-state index is -0.541. The average Bonchev–Trinajstić information content (AvgIpc) is 2.85. The summed E-state index contributed by atoms with van der Waals surface area (Å²) in [5.74, 6) is -0.464. The van der Waals surface area contributed by atoms with E-state index in [1.165, 1.54) is 37.5 Å². The number of halogens is 1. The first-order valence-corrected chi connectivity index (χ1v) is 5.22. The molecule has 0 saturated heterocycles. The highest BCUT2D eigenvalue weighted by atomic mass is 19.1. The van der Waals surface area contributed by atoms with Gasteiger partial charge in [0.05, 0.1) is 6.26 Å². The Bertz CT molecular complexity index is 558. The van der Waals surface area contributed by atoms with Crippen LogP contribution in [0.1, 0.15) is 18.2 Å². The molecule has 0 fully saturated rings. The molecule has 0 radical (unpaired) electrons. The molecule has 0 aliphatic carbocycles. The number of carbonyl (C=O) groups excluding carboxylic acids is 1. The first-order valence-electron chi connectivity index (χ1n) is 5.22. The second-order valence-electron chi connectivity index (χ2n) is 3.51. The molecule has 2 rings (SSSR count). The normalized spacial score (nSPS) is 11.3. The zero-order chi connectivity index (χ0) is 13.0. The molecule has 5 heteroatoms. The summed E-state index contributed by atoms with van der Waals surface area (Å²) in [6.45, 7) is 1.24. The number of oxime groups is 1. The maximum Gasteiger partial charge on any atom is 0.332 e. The van der Waals surface area contributed by atoms with Gasteiger partial charge in [-0.25, -0.2) is 9.18 Å². The Kier molecular flexibility index (Phi) is 3.52. The monoisotopic (exact) mass is 247 g/mol. The first kappa shape index (κ1) is 12.0. The average molecular weight is 247 g/mol. The van der Waals surface area contributed by atoms with Gasteiger partial charge in [-0.2, -0.15) is 0 Å². The Morgan fingerprint density at radius 3 is 2.56 bits per heavy atom. The van der Waals surface area contributed by atoms with Gasteiger partial charge in [-0.3, -0.25) is 0 Å². The van der Waals surface area contributed by atoms with Gasteiger partial charge in [0.15, 0.2) is 11.5 Å². The number of furan rings is 1. The third-order valence-corrected chi connectivity index (χ3v) is 2.14. The van der Waals surface area contributed by atoms with Crippen LogP contribution in [-0.4, -0.2) is 11.7 Å². The van der Waals surface area contributed by atoms with Crippen LogP contribution in [0.15, 0.2) is 52.2 Å². The third kappa shape index (κ3) is 2.82. The van der Waals surface area contributed by atoms with Gasteiger partial charge in [-0.15, -0.1) is 0 Å². The van der Waals surface area contributed by atoms with Gasteiger partial charge in [0.1, 0.15) is 5.82 Å². The summed E-state index contributed by atoms with van der Waals surface area (Å²) in [6, 6.07) is 9.00. The zero-order valence-corrected chi connectivity index (χ0v) is 9.59. The standard InChI is InChI=1S/C13H10FNO3/c1-9(16)18-15-13(12-3-2-8-17-12)10-4-6-11(14)7-5-10/h2-8H,1H3/b15-13+. The van der Waals surface area contributed by atoms with E-state index >= 15 is 0 Å². The van der Waals surface area contributed by atoms with Crippen molar-refractivity contribution in [1.29, 1.82) is 0 Å². The molecule has 0 N–H and O–H groups in total. The highest BCUT2D eigenvalue weighted by Crippen LogP contribution is 2.13. The van der Waals surface area contributed by atoms with Crippen molar-refractivity contribution >= 4 is 11.7 Å². The number of nitrogens with zero attached hydrogens (tertiary/aromatic N) is 1. The summed E-state index contributed by atoms with van der Waals surface area (Å²) in [7, 11) is 0. The van der Waals surface area contributed by atoms with Crippen molar-refractivity contribution in [3.63, 3.8) is 0 Å². The molecule has 0 aliphatic rings. The quantitative estimate of drug-likeness (QED) is 0.476. The van der Waals surface area contributed by atoms with E-state index < -0.39 is 5.97 Å². The number of hydrogen-bond donors (Lipinski definition) is 0. The molecule has 2 aromatic rings. The summed E-state index contributed by atoms with van der Waals surface area (Å²) in [5.41, 5.74) is 0.919. The lowest BCUT2D eigenvalue weighted by atomic mass is 10.1. The van der Waals surface area contributed by atoms with Crippen molar-refractivity contribution in [2.24, 2.45) is 5.16 Å². The van der Waals surface area contributed by atoms with Gasteiger partial charge in [0.2, 0.25) is 0 Å². The highest BCUT2D eigenvalue weighted by molar-refractivity contribution is 6.11. The van der Waals surface area contributed by atoms with Crippen LogP contribution in [-0.2, 0) is 9.63 Å². The molecule has 0 saturated carbocycles. The Hall–Kier alpha value is -2.43. The molecule has 0 atom stereocenters. The van der Waals surface area contributed by atoms with E-state index in [0.29, 0.717) is 17.0 Å². The number of rotatable bonds is 3. The van der Waals surface area contributed by atoms with E-state index in [2.05, 4.69) is 9.99 Å².